The minimum absolute atomic E-state index is 0.202. The van der Waals surface area contributed by atoms with Gasteiger partial charge in [-0.25, -0.2) is 9.79 Å². The summed E-state index contributed by atoms with van der Waals surface area (Å²) >= 11 is 1.16. The predicted octanol–water partition coefficient (Wildman–Crippen LogP) is 2.19. The Morgan fingerprint density at radius 1 is 1.14 bits per heavy atom. The van der Waals surface area contributed by atoms with Gasteiger partial charge in [0.15, 0.2) is 4.80 Å². The zero-order valence-corrected chi connectivity index (χ0v) is 20.6. The highest BCUT2D eigenvalue weighted by Gasteiger charge is 2.35. The maximum absolute atomic E-state index is 13.9. The Morgan fingerprint density at radius 2 is 1.86 bits per heavy atom. The Morgan fingerprint density at radius 3 is 2.54 bits per heavy atom. The lowest BCUT2D eigenvalue weighted by Crippen LogP contribution is -2.40. The summed E-state index contributed by atoms with van der Waals surface area (Å²) in [4.78, 5) is 46.8. The summed E-state index contributed by atoms with van der Waals surface area (Å²) in [7, 11) is 3.89. The molecule has 3 heterocycles. The van der Waals surface area contributed by atoms with Gasteiger partial charge < -0.3 is 15.0 Å². The molecule has 8 nitrogen and oxygen atoms in total. The van der Waals surface area contributed by atoms with E-state index in [2.05, 4.69) is 10.3 Å². The number of hydrogen-bond donors (Lipinski definition) is 1. The average Bonchev–Trinajstić information content (AvgIpc) is 3.33. The molecule has 178 valence electrons. The van der Waals surface area contributed by atoms with Gasteiger partial charge >= 0.3 is 5.97 Å². The summed E-state index contributed by atoms with van der Waals surface area (Å²) in [5, 5.41) is 2.83. The first-order chi connectivity index (χ1) is 16.8. The minimum atomic E-state index is -0.726. The Labute approximate surface area is 205 Å². The van der Waals surface area contributed by atoms with Crippen molar-refractivity contribution in [1.82, 2.24) is 4.57 Å². The molecule has 2 aliphatic rings. The van der Waals surface area contributed by atoms with Gasteiger partial charge in [-0.1, -0.05) is 41.7 Å². The van der Waals surface area contributed by atoms with E-state index in [0.717, 1.165) is 22.6 Å². The number of nitrogens with one attached hydrogen (secondary N) is 1. The molecule has 0 saturated carbocycles. The van der Waals surface area contributed by atoms with Crippen LogP contribution in [0.25, 0.3) is 5.57 Å². The highest BCUT2D eigenvalue weighted by atomic mass is 32.1. The van der Waals surface area contributed by atoms with Crippen LogP contribution in [0.5, 0.6) is 0 Å². The van der Waals surface area contributed by atoms with Crippen molar-refractivity contribution in [3.8, 4) is 0 Å². The quantitative estimate of drug-likeness (QED) is 0.569. The van der Waals surface area contributed by atoms with Crippen LogP contribution in [0.2, 0.25) is 0 Å². The molecule has 0 bridgehead atoms. The third-order valence-electron chi connectivity index (χ3n) is 6.12. The Balaban J connectivity index is 1.79. The Kier molecular flexibility index (Phi) is 5.64. The number of allylic oxidation sites excluding steroid dienone is 1. The topological polar surface area (TPSA) is 93.0 Å². The molecule has 0 radical (unpaired) electrons. The molecule has 1 N–H and O–H groups in total. The second-order valence-electron chi connectivity index (χ2n) is 8.48. The number of carbonyl (C=O) groups is 2. The van der Waals surface area contributed by atoms with Gasteiger partial charge in [-0.05, 0) is 37.6 Å². The van der Waals surface area contributed by atoms with Gasteiger partial charge in [-0.2, -0.15) is 0 Å². The van der Waals surface area contributed by atoms with Crippen LogP contribution in [-0.4, -0.2) is 37.1 Å². The fraction of sp³-hybridized carbons (Fsp3) is 0.231. The fourth-order valence-corrected chi connectivity index (χ4v) is 5.60. The first-order valence-corrected chi connectivity index (χ1v) is 12.0. The molecule has 35 heavy (non-hydrogen) atoms. The predicted molar refractivity (Wildman–Crippen MR) is 135 cm³/mol. The van der Waals surface area contributed by atoms with Crippen LogP contribution < -0.4 is 25.1 Å². The SMILES string of the molecule is CCOC(=O)C1=C(C)N=c2s/c(=C3/C(=O)Nc4ccccc43)c(=O)n2[C@@H]1c1ccc(N(C)C)cc1. The number of carbonyl (C=O) groups excluding carboxylic acids is 2. The van der Waals surface area contributed by atoms with E-state index in [9.17, 15) is 14.4 Å². The third-order valence-corrected chi connectivity index (χ3v) is 7.17. The largest absolute Gasteiger partial charge is 0.463 e. The summed E-state index contributed by atoms with van der Waals surface area (Å²) in [5.41, 5.74) is 3.83. The third kappa shape index (κ3) is 3.68. The molecule has 2 aliphatic heterocycles. The van der Waals surface area contributed by atoms with E-state index in [1.807, 2.05) is 61.5 Å². The number of aromatic nitrogens is 1. The number of amides is 1. The highest BCUT2D eigenvalue weighted by Crippen LogP contribution is 2.33. The van der Waals surface area contributed by atoms with E-state index in [-0.39, 0.29) is 18.1 Å². The Bertz CT molecular complexity index is 1580. The normalized spacial score (nSPS) is 17.9. The van der Waals surface area contributed by atoms with Crippen molar-refractivity contribution in [1.29, 1.82) is 0 Å². The lowest BCUT2D eigenvalue weighted by atomic mass is 9.95. The summed E-state index contributed by atoms with van der Waals surface area (Å²) in [6, 6.07) is 14.2. The lowest BCUT2D eigenvalue weighted by Gasteiger charge is -2.25. The standard InChI is InChI=1S/C26H24N4O4S/c1-5-34-25(33)19-14(2)27-26-30(21(19)15-10-12-16(13-11-15)29(3)4)24(32)22(35-26)20-17-8-6-7-9-18(17)28-23(20)31/h6-13,21H,5H2,1-4H3,(H,28,31)/b22-20+/t21-/m1/s1. The van der Waals surface area contributed by atoms with E-state index in [4.69, 9.17) is 4.74 Å². The number of benzene rings is 2. The van der Waals surface area contributed by atoms with Crippen molar-refractivity contribution in [3.63, 3.8) is 0 Å². The van der Waals surface area contributed by atoms with Crippen LogP contribution in [0.15, 0.2) is 69.6 Å². The number of rotatable bonds is 4. The number of ether oxygens (including phenoxy) is 1. The van der Waals surface area contributed by atoms with Crippen LogP contribution >= 0.6 is 11.3 Å². The minimum Gasteiger partial charge on any atom is -0.463 e. The maximum Gasteiger partial charge on any atom is 0.338 e. The number of para-hydroxylation sites is 1. The molecule has 0 spiro atoms. The van der Waals surface area contributed by atoms with Crippen molar-refractivity contribution in [3.05, 3.63) is 90.6 Å². The zero-order valence-electron chi connectivity index (χ0n) is 19.8. The van der Waals surface area contributed by atoms with E-state index in [0.29, 0.717) is 37.4 Å². The second-order valence-corrected chi connectivity index (χ2v) is 9.46. The van der Waals surface area contributed by atoms with Crippen LogP contribution in [0.3, 0.4) is 0 Å². The number of nitrogens with zero attached hydrogens (tertiary/aromatic N) is 3. The maximum atomic E-state index is 13.9. The molecule has 2 aromatic carbocycles. The molecule has 1 amide bonds. The first-order valence-electron chi connectivity index (χ1n) is 11.2. The van der Waals surface area contributed by atoms with Gasteiger partial charge in [0, 0.05) is 31.0 Å². The van der Waals surface area contributed by atoms with Crippen molar-refractivity contribution >= 4 is 40.2 Å². The number of hydrogen-bond acceptors (Lipinski definition) is 7. The van der Waals surface area contributed by atoms with Gasteiger partial charge in [0.1, 0.15) is 4.53 Å². The average molecular weight is 489 g/mol. The van der Waals surface area contributed by atoms with Crippen molar-refractivity contribution in [2.75, 3.05) is 30.9 Å². The van der Waals surface area contributed by atoms with Crippen LogP contribution in [0.1, 0.15) is 31.0 Å². The molecule has 0 unspecified atom stereocenters. The molecular formula is C26H24N4O4S. The fourth-order valence-electron chi connectivity index (χ4n) is 4.45. The Hall–Kier alpha value is -3.98. The first kappa shape index (κ1) is 22.8. The van der Waals surface area contributed by atoms with Crippen molar-refractivity contribution < 1.29 is 14.3 Å². The van der Waals surface area contributed by atoms with Crippen molar-refractivity contribution in [2.45, 2.75) is 19.9 Å². The molecule has 9 heteroatoms. The van der Waals surface area contributed by atoms with Crippen LogP contribution in [0.4, 0.5) is 11.4 Å². The second kappa shape index (κ2) is 8.66. The van der Waals surface area contributed by atoms with Gasteiger partial charge in [0.25, 0.3) is 11.5 Å². The number of esters is 1. The van der Waals surface area contributed by atoms with E-state index in [1.54, 1.807) is 19.9 Å². The van der Waals surface area contributed by atoms with Crippen molar-refractivity contribution in [2.24, 2.45) is 4.99 Å². The molecule has 3 aromatic rings. The summed E-state index contributed by atoms with van der Waals surface area (Å²) < 4.78 is 7.14. The molecule has 0 aliphatic carbocycles. The smallest absolute Gasteiger partial charge is 0.338 e. The highest BCUT2D eigenvalue weighted by molar-refractivity contribution is 7.07. The van der Waals surface area contributed by atoms with E-state index in [1.165, 1.54) is 4.57 Å². The summed E-state index contributed by atoms with van der Waals surface area (Å²) in [6.07, 6.45) is 0. The van der Waals surface area contributed by atoms with Gasteiger partial charge in [0.2, 0.25) is 0 Å². The zero-order chi connectivity index (χ0) is 24.9. The number of thiazole rings is 1. The summed E-state index contributed by atoms with van der Waals surface area (Å²) in [6.45, 7) is 3.68. The molecule has 5 rings (SSSR count). The molecule has 0 fully saturated rings. The van der Waals surface area contributed by atoms with Gasteiger partial charge in [0.05, 0.1) is 29.5 Å². The molecule has 1 aromatic heterocycles. The lowest BCUT2D eigenvalue weighted by molar-refractivity contribution is -0.139. The van der Waals surface area contributed by atoms with E-state index < -0.39 is 12.0 Å². The van der Waals surface area contributed by atoms with Crippen LogP contribution in [0, 0.1) is 0 Å². The monoisotopic (exact) mass is 488 g/mol. The molecule has 1 atom stereocenters. The van der Waals surface area contributed by atoms with Crippen LogP contribution in [-0.2, 0) is 14.3 Å². The van der Waals surface area contributed by atoms with Gasteiger partial charge in [-0.15, -0.1) is 0 Å². The molecular weight excluding hydrogens is 464 g/mol. The van der Waals surface area contributed by atoms with Gasteiger partial charge in [-0.3, -0.25) is 14.2 Å². The summed E-state index contributed by atoms with van der Waals surface area (Å²) in [5.74, 6) is -0.845. The van der Waals surface area contributed by atoms with E-state index >= 15 is 0 Å². The number of fused-ring (bicyclic) bond motifs is 2. The number of anilines is 2. The molecule has 0 saturated heterocycles.